The molecule has 0 saturated heterocycles. The molecule has 0 unspecified atom stereocenters. The van der Waals surface area contributed by atoms with E-state index in [1.54, 1.807) is 24.3 Å². The molecular formula is C37H50O4. The van der Waals surface area contributed by atoms with Crippen LogP contribution in [-0.2, 0) is 9.47 Å². The molecule has 0 fully saturated rings. The molecule has 0 aliphatic heterocycles. The normalized spacial score (nSPS) is 10.4. The van der Waals surface area contributed by atoms with Gasteiger partial charge in [0.1, 0.15) is 0 Å². The van der Waals surface area contributed by atoms with Crippen LogP contribution in [0.15, 0.2) is 78.9 Å². The van der Waals surface area contributed by atoms with Crippen molar-refractivity contribution >= 4 is 11.9 Å². The first kappa shape index (κ1) is 33.8. The molecule has 0 aromatic heterocycles. The lowest BCUT2D eigenvalue weighted by Crippen LogP contribution is -2.15. The monoisotopic (exact) mass is 558 g/mol. The fourth-order valence-electron chi connectivity index (χ4n) is 4.54. The fraction of sp³-hybridized carbons (Fsp3) is 0.459. The van der Waals surface area contributed by atoms with Crippen LogP contribution in [0.3, 0.4) is 0 Å². The molecule has 4 heteroatoms. The van der Waals surface area contributed by atoms with Crippen molar-refractivity contribution in [3.8, 4) is 11.1 Å². The zero-order valence-electron chi connectivity index (χ0n) is 25.5. The quantitative estimate of drug-likeness (QED) is 0.122. The molecule has 222 valence electrons. The van der Waals surface area contributed by atoms with E-state index in [0.717, 1.165) is 25.7 Å². The summed E-state index contributed by atoms with van der Waals surface area (Å²) >= 11 is 0. The summed E-state index contributed by atoms with van der Waals surface area (Å²) in [7, 11) is 0. The van der Waals surface area contributed by atoms with E-state index in [9.17, 15) is 9.59 Å². The number of ether oxygens (including phenoxy) is 2. The molecule has 0 saturated carbocycles. The fourth-order valence-corrected chi connectivity index (χ4v) is 4.54. The van der Waals surface area contributed by atoms with Gasteiger partial charge in [-0.2, -0.15) is 0 Å². The smallest absolute Gasteiger partial charge is 0.339 e. The number of esters is 2. The number of unbranched alkanes of at least 4 members (excludes halogenated alkanes) is 10. The van der Waals surface area contributed by atoms with E-state index in [4.69, 9.17) is 9.47 Å². The molecule has 41 heavy (non-hydrogen) atoms. The molecule has 0 aliphatic rings. The molecule has 3 aromatic rings. The molecule has 4 nitrogen and oxygen atoms in total. The Kier molecular flexibility index (Phi) is 17.6. The molecule has 0 heterocycles. The zero-order valence-corrected chi connectivity index (χ0v) is 25.5. The van der Waals surface area contributed by atoms with Gasteiger partial charge in [-0.15, -0.1) is 0 Å². The van der Waals surface area contributed by atoms with Crippen LogP contribution < -0.4 is 0 Å². The summed E-state index contributed by atoms with van der Waals surface area (Å²) in [5.74, 6) is -0.888. The average molecular weight is 559 g/mol. The lowest BCUT2D eigenvalue weighted by molar-refractivity contribution is 0.0450. The Morgan fingerprint density at radius 3 is 1.44 bits per heavy atom. The van der Waals surface area contributed by atoms with Crippen molar-refractivity contribution in [1.82, 2.24) is 0 Å². The van der Waals surface area contributed by atoms with Gasteiger partial charge in [-0.05, 0) is 43.0 Å². The first-order valence-electron chi connectivity index (χ1n) is 15.6. The van der Waals surface area contributed by atoms with Gasteiger partial charge in [0.2, 0.25) is 0 Å². The summed E-state index contributed by atoms with van der Waals surface area (Å²) in [4.78, 5) is 24.7. The molecular weight excluding hydrogens is 508 g/mol. The third-order valence-electron chi connectivity index (χ3n) is 6.95. The highest BCUT2D eigenvalue weighted by molar-refractivity contribution is 6.03. The van der Waals surface area contributed by atoms with E-state index >= 15 is 0 Å². The van der Waals surface area contributed by atoms with E-state index in [1.165, 1.54) is 68.1 Å². The second-order valence-corrected chi connectivity index (χ2v) is 10.6. The maximum atomic E-state index is 12.4. The van der Waals surface area contributed by atoms with Crippen molar-refractivity contribution in [2.24, 2.45) is 0 Å². The first-order valence-corrected chi connectivity index (χ1v) is 15.6. The van der Waals surface area contributed by atoms with Crippen molar-refractivity contribution in [2.45, 2.75) is 97.8 Å². The van der Waals surface area contributed by atoms with E-state index in [1.807, 2.05) is 6.07 Å². The summed E-state index contributed by atoms with van der Waals surface area (Å²) in [5, 5.41) is 0. The molecule has 0 amide bonds. The zero-order chi connectivity index (χ0) is 29.5. The van der Waals surface area contributed by atoms with E-state index < -0.39 is 11.9 Å². The van der Waals surface area contributed by atoms with Crippen LogP contribution in [0.25, 0.3) is 11.1 Å². The number of benzene rings is 3. The van der Waals surface area contributed by atoms with Crippen LogP contribution in [0.5, 0.6) is 0 Å². The number of aryl methyl sites for hydroxylation is 1. The SMILES string of the molecule is CCCCCCCCOC(=O)c1ccccc1C(=O)OCCCCCCCC.Cc1cccc(-c2ccccc2)c1. The van der Waals surface area contributed by atoms with Crippen LogP contribution in [0, 0.1) is 6.92 Å². The van der Waals surface area contributed by atoms with Crippen LogP contribution in [-0.4, -0.2) is 25.2 Å². The summed E-state index contributed by atoms with van der Waals surface area (Å²) in [6.07, 6.45) is 13.6. The van der Waals surface area contributed by atoms with Crippen molar-refractivity contribution in [2.75, 3.05) is 13.2 Å². The minimum atomic E-state index is -0.444. The largest absolute Gasteiger partial charge is 0.462 e. The highest BCUT2D eigenvalue weighted by atomic mass is 16.5. The average Bonchev–Trinajstić information content (AvgIpc) is 3.00. The van der Waals surface area contributed by atoms with Crippen LogP contribution in [0.4, 0.5) is 0 Å². The lowest BCUT2D eigenvalue weighted by atomic mass is 10.0. The molecule has 3 rings (SSSR count). The van der Waals surface area contributed by atoms with E-state index in [2.05, 4.69) is 69.3 Å². The van der Waals surface area contributed by atoms with Crippen molar-refractivity contribution in [3.05, 3.63) is 95.6 Å². The summed E-state index contributed by atoms with van der Waals surface area (Å²) < 4.78 is 10.7. The highest BCUT2D eigenvalue weighted by Gasteiger charge is 2.18. The Morgan fingerprint density at radius 2 is 0.951 bits per heavy atom. The lowest BCUT2D eigenvalue weighted by Gasteiger charge is -2.10. The Balaban J connectivity index is 0.000000372. The van der Waals surface area contributed by atoms with Gasteiger partial charge in [-0.3, -0.25) is 0 Å². The predicted molar refractivity (Wildman–Crippen MR) is 170 cm³/mol. The minimum Gasteiger partial charge on any atom is -0.462 e. The van der Waals surface area contributed by atoms with E-state index in [-0.39, 0.29) is 0 Å². The minimum absolute atomic E-state index is 0.293. The van der Waals surface area contributed by atoms with Gasteiger partial charge in [0.05, 0.1) is 24.3 Å². The molecule has 0 aliphatic carbocycles. The van der Waals surface area contributed by atoms with Crippen LogP contribution >= 0.6 is 0 Å². The summed E-state index contributed by atoms with van der Waals surface area (Å²) in [6, 6.07) is 25.7. The standard InChI is InChI=1S/C24H38O4.C13H12/c1-3-5-7-9-11-15-19-27-23(25)21-17-13-14-18-22(21)24(26)28-20-16-12-10-8-6-4-2;1-11-6-5-9-13(10-11)12-7-3-2-4-8-12/h13-14,17-18H,3-12,15-16,19-20H2,1-2H3;2-10H,1H3. The Hall–Kier alpha value is -3.40. The molecule has 0 N–H and O–H groups in total. The second-order valence-electron chi connectivity index (χ2n) is 10.6. The summed E-state index contributed by atoms with van der Waals surface area (Å²) in [6.45, 7) is 7.29. The van der Waals surface area contributed by atoms with Gasteiger partial charge < -0.3 is 9.47 Å². The van der Waals surface area contributed by atoms with Crippen molar-refractivity contribution < 1.29 is 19.1 Å². The summed E-state index contributed by atoms with van der Waals surface area (Å²) in [5.41, 5.74) is 4.47. The maximum absolute atomic E-state index is 12.4. The Labute approximate surface area is 248 Å². The third-order valence-corrected chi connectivity index (χ3v) is 6.95. The molecule has 0 bridgehead atoms. The van der Waals surface area contributed by atoms with Gasteiger partial charge in [0, 0.05) is 0 Å². The first-order chi connectivity index (χ1) is 20.1. The predicted octanol–water partition coefficient (Wildman–Crippen LogP) is 10.4. The number of rotatable bonds is 17. The second kappa shape index (κ2) is 21.4. The van der Waals surface area contributed by atoms with Gasteiger partial charge >= 0.3 is 11.9 Å². The number of carbonyl (C=O) groups is 2. The highest BCUT2D eigenvalue weighted by Crippen LogP contribution is 2.19. The topological polar surface area (TPSA) is 52.6 Å². The van der Waals surface area contributed by atoms with E-state index in [0.29, 0.717) is 24.3 Å². The molecule has 0 spiro atoms. The van der Waals surface area contributed by atoms with Gasteiger partial charge in [0.15, 0.2) is 0 Å². The Bertz CT molecular complexity index is 1070. The van der Waals surface area contributed by atoms with Crippen molar-refractivity contribution in [3.63, 3.8) is 0 Å². The third kappa shape index (κ3) is 14.2. The number of hydrogen-bond donors (Lipinski definition) is 0. The molecule has 0 atom stereocenters. The van der Waals surface area contributed by atoms with Gasteiger partial charge in [-0.1, -0.05) is 150 Å². The number of hydrogen-bond acceptors (Lipinski definition) is 4. The van der Waals surface area contributed by atoms with Crippen LogP contribution in [0.1, 0.15) is 117 Å². The Morgan fingerprint density at radius 1 is 0.512 bits per heavy atom. The maximum Gasteiger partial charge on any atom is 0.339 e. The molecule has 3 aromatic carbocycles. The number of carbonyl (C=O) groups excluding carboxylic acids is 2. The van der Waals surface area contributed by atoms with Crippen molar-refractivity contribution in [1.29, 1.82) is 0 Å². The van der Waals surface area contributed by atoms with Gasteiger partial charge in [0.25, 0.3) is 0 Å². The van der Waals surface area contributed by atoms with Crippen LogP contribution in [0.2, 0.25) is 0 Å². The van der Waals surface area contributed by atoms with Gasteiger partial charge in [-0.25, -0.2) is 9.59 Å². The molecule has 0 radical (unpaired) electrons.